The Morgan fingerprint density at radius 2 is 1.91 bits per heavy atom. The predicted molar refractivity (Wildman–Crippen MR) is 131 cm³/mol. The number of para-hydroxylation sites is 1. The molecular weight excluding hydrogens is 444 g/mol. The number of rotatable bonds is 4. The molecule has 1 fully saturated rings. The standard InChI is InChI=1S/C27H28N4O4/c1-17(32)30-13-10-24-22(16-30)25(29-31(24)19-11-14-34-15-12-19)21-4-3-5-23-26(21)35-27(28-23)18-6-8-20(33-2)9-7-18/h3-9,19H,10-16H2,1-2H3. The molecule has 1 amide bonds. The van der Waals surface area contributed by atoms with E-state index in [1.165, 1.54) is 5.69 Å². The molecule has 6 rings (SSSR count). The normalized spacial score (nSPS) is 16.5. The van der Waals surface area contributed by atoms with E-state index in [1.807, 2.05) is 47.4 Å². The van der Waals surface area contributed by atoms with Crippen LogP contribution in [0.4, 0.5) is 0 Å². The van der Waals surface area contributed by atoms with Gasteiger partial charge in [0.25, 0.3) is 0 Å². The lowest BCUT2D eigenvalue weighted by Gasteiger charge is -2.29. The van der Waals surface area contributed by atoms with Crippen LogP contribution in [0.5, 0.6) is 5.75 Å². The van der Waals surface area contributed by atoms with Gasteiger partial charge in [0.1, 0.15) is 17.0 Å². The van der Waals surface area contributed by atoms with E-state index in [1.54, 1.807) is 14.0 Å². The van der Waals surface area contributed by atoms with E-state index in [2.05, 4.69) is 4.68 Å². The smallest absolute Gasteiger partial charge is 0.227 e. The first-order valence-corrected chi connectivity index (χ1v) is 12.1. The Labute approximate surface area is 203 Å². The molecule has 2 aromatic carbocycles. The Hall–Kier alpha value is -3.65. The number of methoxy groups -OCH3 is 1. The fourth-order valence-corrected chi connectivity index (χ4v) is 5.16. The van der Waals surface area contributed by atoms with Crippen LogP contribution in [-0.2, 0) is 22.5 Å². The van der Waals surface area contributed by atoms with Gasteiger partial charge in [0, 0.05) is 62.0 Å². The molecule has 0 atom stereocenters. The Morgan fingerprint density at radius 3 is 2.66 bits per heavy atom. The van der Waals surface area contributed by atoms with Crippen LogP contribution < -0.4 is 4.74 Å². The first-order chi connectivity index (χ1) is 17.1. The number of carbonyl (C=O) groups excluding carboxylic acids is 1. The van der Waals surface area contributed by atoms with Crippen molar-refractivity contribution in [3.05, 3.63) is 53.7 Å². The van der Waals surface area contributed by atoms with E-state index in [-0.39, 0.29) is 5.91 Å². The topological polar surface area (TPSA) is 82.6 Å². The number of fused-ring (bicyclic) bond motifs is 2. The second-order valence-electron chi connectivity index (χ2n) is 9.15. The van der Waals surface area contributed by atoms with Gasteiger partial charge >= 0.3 is 0 Å². The fraction of sp³-hybridized carbons (Fsp3) is 0.370. The van der Waals surface area contributed by atoms with E-state index in [0.717, 1.165) is 66.1 Å². The zero-order chi connectivity index (χ0) is 23.9. The van der Waals surface area contributed by atoms with Gasteiger partial charge in [-0.3, -0.25) is 9.48 Å². The van der Waals surface area contributed by atoms with Gasteiger partial charge in [-0.2, -0.15) is 5.10 Å². The average molecular weight is 473 g/mol. The molecule has 8 nitrogen and oxygen atoms in total. The van der Waals surface area contributed by atoms with Crippen LogP contribution in [0.2, 0.25) is 0 Å². The molecule has 0 spiro atoms. The molecule has 4 heterocycles. The SMILES string of the molecule is COc1ccc(-c2nc3cccc(-c4nn(C5CCOCC5)c5c4CN(C(C)=O)CC5)c3o2)cc1. The molecular formula is C27H28N4O4. The highest BCUT2D eigenvalue weighted by Gasteiger charge is 2.31. The molecule has 0 bridgehead atoms. The molecule has 0 saturated carbocycles. The van der Waals surface area contributed by atoms with Crippen molar-refractivity contribution in [2.75, 3.05) is 26.9 Å². The third-order valence-electron chi connectivity index (χ3n) is 7.08. The summed E-state index contributed by atoms with van der Waals surface area (Å²) < 4.78 is 19.4. The fourth-order valence-electron chi connectivity index (χ4n) is 5.16. The van der Waals surface area contributed by atoms with Crippen LogP contribution in [0.15, 0.2) is 46.9 Å². The molecule has 0 radical (unpaired) electrons. The van der Waals surface area contributed by atoms with Crippen LogP contribution >= 0.6 is 0 Å². The lowest BCUT2D eigenvalue weighted by atomic mass is 9.99. The van der Waals surface area contributed by atoms with E-state index < -0.39 is 0 Å². The van der Waals surface area contributed by atoms with Crippen LogP contribution in [-0.4, -0.2) is 52.4 Å². The van der Waals surface area contributed by atoms with Crippen molar-refractivity contribution in [3.63, 3.8) is 0 Å². The van der Waals surface area contributed by atoms with Crippen molar-refractivity contribution >= 4 is 17.0 Å². The third kappa shape index (κ3) is 3.87. The van der Waals surface area contributed by atoms with Gasteiger partial charge < -0.3 is 18.8 Å². The summed E-state index contributed by atoms with van der Waals surface area (Å²) >= 11 is 0. The zero-order valence-electron chi connectivity index (χ0n) is 20.0. The van der Waals surface area contributed by atoms with Gasteiger partial charge in [-0.05, 0) is 49.2 Å². The van der Waals surface area contributed by atoms with E-state index in [0.29, 0.717) is 30.6 Å². The summed E-state index contributed by atoms with van der Waals surface area (Å²) in [6.45, 7) is 4.39. The van der Waals surface area contributed by atoms with Gasteiger partial charge in [-0.15, -0.1) is 0 Å². The highest BCUT2D eigenvalue weighted by Crippen LogP contribution is 2.38. The number of ether oxygens (including phenoxy) is 2. The summed E-state index contributed by atoms with van der Waals surface area (Å²) in [5.74, 6) is 1.42. The molecule has 0 unspecified atom stereocenters. The maximum atomic E-state index is 12.2. The lowest BCUT2D eigenvalue weighted by molar-refractivity contribution is -0.129. The minimum atomic E-state index is 0.0834. The highest BCUT2D eigenvalue weighted by atomic mass is 16.5. The van der Waals surface area contributed by atoms with Gasteiger partial charge in [0.05, 0.1) is 13.2 Å². The number of amides is 1. The monoisotopic (exact) mass is 472 g/mol. The Bertz CT molecular complexity index is 1380. The number of benzene rings is 2. The van der Waals surface area contributed by atoms with E-state index in [4.69, 9.17) is 24.0 Å². The maximum Gasteiger partial charge on any atom is 0.227 e. The third-order valence-corrected chi connectivity index (χ3v) is 7.08. The van der Waals surface area contributed by atoms with Crippen LogP contribution in [0.1, 0.15) is 37.1 Å². The maximum absolute atomic E-state index is 12.2. The van der Waals surface area contributed by atoms with Crippen molar-refractivity contribution in [2.24, 2.45) is 0 Å². The quantitative estimate of drug-likeness (QED) is 0.431. The lowest BCUT2D eigenvalue weighted by Crippen LogP contribution is -2.35. The van der Waals surface area contributed by atoms with Crippen molar-refractivity contribution in [3.8, 4) is 28.5 Å². The Kier molecular flexibility index (Phi) is 5.53. The molecule has 2 aromatic heterocycles. The molecule has 180 valence electrons. The van der Waals surface area contributed by atoms with Gasteiger partial charge in [0.2, 0.25) is 11.8 Å². The largest absolute Gasteiger partial charge is 0.497 e. The van der Waals surface area contributed by atoms with E-state index in [9.17, 15) is 4.79 Å². The van der Waals surface area contributed by atoms with Crippen molar-refractivity contribution in [1.29, 1.82) is 0 Å². The number of oxazole rings is 1. The van der Waals surface area contributed by atoms with Crippen molar-refractivity contribution < 1.29 is 18.7 Å². The molecule has 1 saturated heterocycles. The average Bonchev–Trinajstić information content (AvgIpc) is 3.51. The second-order valence-corrected chi connectivity index (χ2v) is 9.15. The molecule has 35 heavy (non-hydrogen) atoms. The van der Waals surface area contributed by atoms with Crippen LogP contribution in [0.3, 0.4) is 0 Å². The molecule has 2 aliphatic rings. The number of aromatic nitrogens is 3. The molecule has 8 heteroatoms. The van der Waals surface area contributed by atoms with Gasteiger partial charge in [-0.1, -0.05) is 6.07 Å². The van der Waals surface area contributed by atoms with Gasteiger partial charge in [-0.25, -0.2) is 4.98 Å². The zero-order valence-corrected chi connectivity index (χ0v) is 20.0. The molecule has 0 aliphatic carbocycles. The summed E-state index contributed by atoms with van der Waals surface area (Å²) in [5, 5.41) is 5.15. The minimum absolute atomic E-state index is 0.0834. The van der Waals surface area contributed by atoms with Crippen molar-refractivity contribution in [1.82, 2.24) is 19.7 Å². The highest BCUT2D eigenvalue weighted by molar-refractivity contribution is 5.91. The summed E-state index contributed by atoms with van der Waals surface area (Å²) in [6, 6.07) is 14.0. The first-order valence-electron chi connectivity index (χ1n) is 12.1. The van der Waals surface area contributed by atoms with Crippen LogP contribution in [0, 0.1) is 0 Å². The first kappa shape index (κ1) is 21.9. The van der Waals surface area contributed by atoms with Gasteiger partial charge in [0.15, 0.2) is 5.58 Å². The predicted octanol–water partition coefficient (Wildman–Crippen LogP) is 4.62. The van der Waals surface area contributed by atoms with E-state index >= 15 is 0 Å². The number of hydrogen-bond donors (Lipinski definition) is 0. The summed E-state index contributed by atoms with van der Waals surface area (Å²) in [7, 11) is 1.65. The second kappa shape index (κ2) is 8.85. The Morgan fingerprint density at radius 1 is 1.11 bits per heavy atom. The van der Waals surface area contributed by atoms with Crippen LogP contribution in [0.25, 0.3) is 33.8 Å². The summed E-state index contributed by atoms with van der Waals surface area (Å²) in [4.78, 5) is 18.9. The molecule has 0 N–H and O–H groups in total. The molecule has 4 aromatic rings. The summed E-state index contributed by atoms with van der Waals surface area (Å²) in [6.07, 6.45) is 2.68. The number of nitrogens with zero attached hydrogens (tertiary/aromatic N) is 4. The number of carbonyl (C=O) groups is 1. The summed E-state index contributed by atoms with van der Waals surface area (Å²) in [5.41, 5.74) is 6.47. The number of hydrogen-bond acceptors (Lipinski definition) is 6. The van der Waals surface area contributed by atoms with Crippen molar-refractivity contribution in [2.45, 2.75) is 38.8 Å². The molecule has 2 aliphatic heterocycles. The minimum Gasteiger partial charge on any atom is -0.497 e. The Balaban J connectivity index is 1.47.